The maximum absolute atomic E-state index is 12.1. The first-order valence-corrected chi connectivity index (χ1v) is 15.2. The van der Waals surface area contributed by atoms with Gasteiger partial charge >= 0.3 is 103 Å². The van der Waals surface area contributed by atoms with Crippen molar-refractivity contribution < 1.29 is 134 Å². The number of H-pyrrole nitrogens is 1. The van der Waals surface area contributed by atoms with Crippen molar-refractivity contribution in [2.75, 3.05) is 43.4 Å². The number of likely N-dealkylation sites (tertiary alicyclic amines) is 1. The number of ether oxygens (including phenoxy) is 1. The molecule has 0 amide bonds. The van der Waals surface area contributed by atoms with Gasteiger partial charge in [0.15, 0.2) is 23.2 Å². The fourth-order valence-corrected chi connectivity index (χ4v) is 6.60. The first-order valence-electron chi connectivity index (χ1n) is 14.2. The number of hydrogen-bond donors (Lipinski definition) is 6. The molecule has 4 aromatic heterocycles. The van der Waals surface area contributed by atoms with Crippen LogP contribution in [-0.2, 0) is 21.0 Å². The summed E-state index contributed by atoms with van der Waals surface area (Å²) in [4.78, 5) is 49.1. The van der Waals surface area contributed by atoms with Crippen LogP contribution in [0.15, 0.2) is 29.6 Å². The fraction of sp³-hybridized carbons (Fsp3) is 0.500. The number of piperidine rings is 1. The molecule has 6 heterocycles. The molecule has 47 heavy (non-hydrogen) atoms. The maximum atomic E-state index is 12.1. The number of pyridine rings is 1. The molecular weight excluding hydrogens is 689 g/mol. The number of fused-ring (bicyclic) bond motifs is 2. The number of imidazole rings is 1. The average molecular weight is 724 g/mol. The van der Waals surface area contributed by atoms with E-state index in [1.54, 1.807) is 22.4 Å². The van der Waals surface area contributed by atoms with E-state index < -0.39 is 24.5 Å². The Hall–Kier alpha value is -0.707. The summed E-state index contributed by atoms with van der Waals surface area (Å²) in [6.07, 6.45) is 1.48. The zero-order chi connectivity index (χ0) is 31.9. The quantitative estimate of drug-likeness (QED) is 0.0292. The molecular formula is C26H35K2N11O7S. The third-order valence-corrected chi connectivity index (χ3v) is 9.07. The number of nitrogens with zero attached hydrogens (tertiary/aromatic N) is 7. The molecule has 0 aromatic carbocycles. The number of carbonyl (C=O) groups is 1. The Morgan fingerprint density at radius 3 is 2.62 bits per heavy atom. The number of aromatic amines is 1. The molecule has 2 fully saturated rings. The molecule has 2 aliphatic rings. The van der Waals surface area contributed by atoms with E-state index in [0.717, 1.165) is 44.7 Å². The topological polar surface area (TPSA) is 269 Å². The van der Waals surface area contributed by atoms with E-state index >= 15 is 0 Å². The van der Waals surface area contributed by atoms with E-state index in [1.165, 1.54) is 12.7 Å². The minimum Gasteiger partial charge on any atom is -1.00 e. The maximum Gasteiger partial charge on any atom is 1.00 e. The first kappa shape index (κ1) is 40.7. The molecule has 21 heteroatoms. The normalized spacial score (nSPS) is 21.4. The number of aliphatic hydroxyl groups excluding tert-OH is 2. The van der Waals surface area contributed by atoms with Gasteiger partial charge in [0.25, 0.3) is 12.0 Å². The second kappa shape index (κ2) is 19.6. The summed E-state index contributed by atoms with van der Waals surface area (Å²) in [6.45, 7) is 4.05. The van der Waals surface area contributed by atoms with Gasteiger partial charge in [-0.2, -0.15) is 11.8 Å². The standard InChI is InChI=1S/C25H33N11O4S.CH2O3.2K.H/c26-21-18-22(30-11-29-21)36(12-31-18)24-20(38)19(37)16(40-24)10-41-14-3-6-35(7-4-14)8-5-28-9-13-1-2-15-17(32-13)23(39)34-25(27)33-15;2-1-4-3;;;/h1-2,11-12,14,16,19-20,24,28,37-38H,3-10H2,(H2,26,29,30)(H3,27,33,34,39);1,3H;;;/q;;2*+1;-1/p-1/t16-,19?,20+,24-;;;;/m1..../s1. The zero-order valence-corrected chi connectivity index (χ0v) is 33.1. The van der Waals surface area contributed by atoms with Gasteiger partial charge in [-0.25, -0.2) is 24.9 Å². The number of thioether (sulfide) groups is 1. The number of anilines is 2. The Balaban J connectivity index is 0.00000108. The summed E-state index contributed by atoms with van der Waals surface area (Å²) in [7, 11) is 0. The summed E-state index contributed by atoms with van der Waals surface area (Å²) in [6, 6.07) is 3.60. The predicted molar refractivity (Wildman–Crippen MR) is 162 cm³/mol. The number of aliphatic hydroxyl groups is 2. The Kier molecular flexibility index (Phi) is 17.0. The number of aromatic nitrogens is 7. The van der Waals surface area contributed by atoms with Gasteiger partial charge in [-0.05, 0) is 38.1 Å². The van der Waals surface area contributed by atoms with E-state index in [9.17, 15) is 15.0 Å². The SMILES string of the molecule is Nc1nc2ccc(CNCCN3CCC(SC[C@H]4O[C@@H](n5cnc6c(N)ncnc65)[C@@H](O)C4O)CC3)nc2c(=O)[nH]1.O=CO[O-].[H-].[K+].[K+]. The van der Waals surface area contributed by atoms with Gasteiger partial charge in [-0.15, -0.1) is 0 Å². The zero-order valence-electron chi connectivity index (χ0n) is 27.1. The van der Waals surface area contributed by atoms with Crippen LogP contribution >= 0.6 is 11.8 Å². The van der Waals surface area contributed by atoms with Crippen molar-refractivity contribution in [1.29, 1.82) is 0 Å². The summed E-state index contributed by atoms with van der Waals surface area (Å²) >= 11 is 1.78. The molecule has 4 atom stereocenters. The van der Waals surface area contributed by atoms with Gasteiger partial charge in [-0.1, -0.05) is 0 Å². The van der Waals surface area contributed by atoms with Crippen LogP contribution in [-0.4, -0.2) is 112 Å². The summed E-state index contributed by atoms with van der Waals surface area (Å²) in [5, 5.41) is 33.7. The number of nitrogens with two attached hydrogens (primary N) is 2. The van der Waals surface area contributed by atoms with Crippen molar-refractivity contribution >= 4 is 52.2 Å². The Labute approximate surface area is 359 Å². The van der Waals surface area contributed by atoms with E-state index in [0.29, 0.717) is 34.2 Å². The van der Waals surface area contributed by atoms with Crippen LogP contribution in [0.2, 0.25) is 0 Å². The van der Waals surface area contributed by atoms with Crippen LogP contribution in [0.25, 0.3) is 22.2 Å². The van der Waals surface area contributed by atoms with Crippen molar-refractivity contribution in [2.24, 2.45) is 0 Å². The van der Waals surface area contributed by atoms with E-state index in [1.807, 2.05) is 6.07 Å². The number of rotatable bonds is 10. The molecule has 244 valence electrons. The monoisotopic (exact) mass is 723 g/mol. The molecule has 0 saturated carbocycles. The second-order valence-corrected chi connectivity index (χ2v) is 11.8. The van der Waals surface area contributed by atoms with Gasteiger partial charge in [0, 0.05) is 30.6 Å². The van der Waals surface area contributed by atoms with Crippen LogP contribution in [0.4, 0.5) is 11.8 Å². The molecule has 2 aliphatic heterocycles. The summed E-state index contributed by atoms with van der Waals surface area (Å²) in [5.74, 6) is 0.907. The molecule has 4 aromatic rings. The summed E-state index contributed by atoms with van der Waals surface area (Å²) < 4.78 is 7.68. The van der Waals surface area contributed by atoms with E-state index in [-0.39, 0.29) is 134 Å². The number of hydrogen-bond acceptors (Lipinski definition) is 17. The largest absolute Gasteiger partial charge is 1.00 e. The van der Waals surface area contributed by atoms with E-state index in [4.69, 9.17) is 26.3 Å². The third-order valence-electron chi connectivity index (χ3n) is 7.61. The van der Waals surface area contributed by atoms with Gasteiger partial charge in [0.05, 0.1) is 23.6 Å². The molecule has 1 unspecified atom stereocenters. The first-order chi connectivity index (χ1) is 21.8. The fourth-order valence-electron chi connectivity index (χ4n) is 5.32. The van der Waals surface area contributed by atoms with Crippen LogP contribution in [0, 0.1) is 0 Å². The Bertz CT molecular complexity index is 1670. The van der Waals surface area contributed by atoms with Gasteiger partial charge in [0.1, 0.15) is 24.1 Å². The van der Waals surface area contributed by atoms with Crippen LogP contribution in [0.3, 0.4) is 0 Å². The molecule has 6 rings (SSSR count). The van der Waals surface area contributed by atoms with Crippen molar-refractivity contribution in [3.05, 3.63) is 40.8 Å². The van der Waals surface area contributed by atoms with Crippen molar-refractivity contribution in [3.8, 4) is 0 Å². The van der Waals surface area contributed by atoms with Crippen LogP contribution in [0.1, 0.15) is 26.2 Å². The summed E-state index contributed by atoms with van der Waals surface area (Å²) in [5.41, 5.74) is 13.5. The van der Waals surface area contributed by atoms with Gasteiger partial charge < -0.3 is 48.2 Å². The van der Waals surface area contributed by atoms with Crippen molar-refractivity contribution in [2.45, 2.75) is 49.2 Å². The minimum absolute atomic E-state index is 0. The number of carbonyl (C=O) groups excluding carboxylic acids is 1. The van der Waals surface area contributed by atoms with Gasteiger partial charge in [-0.3, -0.25) is 19.1 Å². The molecule has 0 bridgehead atoms. The minimum atomic E-state index is -1.11. The predicted octanol–water partition coefficient (Wildman–Crippen LogP) is -8.22. The molecule has 0 aliphatic carbocycles. The van der Waals surface area contributed by atoms with Crippen LogP contribution in [0.5, 0.6) is 0 Å². The molecule has 0 radical (unpaired) electrons. The van der Waals surface area contributed by atoms with Crippen LogP contribution < -0.4 is 130 Å². The second-order valence-electron chi connectivity index (χ2n) is 10.5. The molecule has 2 saturated heterocycles. The van der Waals surface area contributed by atoms with Crippen molar-refractivity contribution in [3.63, 3.8) is 0 Å². The third kappa shape index (κ3) is 10.4. The number of nitrogens with one attached hydrogen (secondary N) is 2. The number of nitrogen functional groups attached to an aromatic ring is 2. The molecule has 8 N–H and O–H groups in total. The Morgan fingerprint density at radius 2 is 1.89 bits per heavy atom. The van der Waals surface area contributed by atoms with E-state index in [2.05, 4.69) is 45.0 Å². The molecule has 18 nitrogen and oxygen atoms in total. The Morgan fingerprint density at radius 1 is 1.15 bits per heavy atom. The van der Waals surface area contributed by atoms with Crippen molar-refractivity contribution in [1.82, 2.24) is 44.7 Å². The molecule has 0 spiro atoms. The van der Waals surface area contributed by atoms with Gasteiger partial charge in [0.2, 0.25) is 5.95 Å². The average Bonchev–Trinajstić information content (AvgIpc) is 3.60. The smallest absolute Gasteiger partial charge is 1.00 e.